The first kappa shape index (κ1) is 18.9. The Kier molecular flexibility index (Phi) is 5.73. The van der Waals surface area contributed by atoms with E-state index < -0.39 is 11.8 Å². The summed E-state index contributed by atoms with van der Waals surface area (Å²) < 4.78 is 1.49. The van der Waals surface area contributed by atoms with Crippen LogP contribution in [0.25, 0.3) is 5.69 Å². The highest BCUT2D eigenvalue weighted by Crippen LogP contribution is 2.29. The highest BCUT2D eigenvalue weighted by molar-refractivity contribution is 6.39. The van der Waals surface area contributed by atoms with Crippen LogP contribution in [0.3, 0.4) is 0 Å². The maximum absolute atomic E-state index is 12.5. The summed E-state index contributed by atoms with van der Waals surface area (Å²) >= 11 is 12.1. The Morgan fingerprint density at radius 3 is 2.41 bits per heavy atom. The maximum Gasteiger partial charge on any atom is 0.276 e. The molecule has 0 aliphatic rings. The lowest BCUT2D eigenvalue weighted by molar-refractivity contribution is -0.116. The predicted molar refractivity (Wildman–Crippen MR) is 103 cm³/mol. The first-order valence-corrected chi connectivity index (χ1v) is 8.68. The van der Waals surface area contributed by atoms with E-state index in [2.05, 4.69) is 15.6 Å². The van der Waals surface area contributed by atoms with Gasteiger partial charge in [-0.15, -0.1) is 5.10 Å². The number of carbonyl (C=O) groups is 2. The molecule has 9 heteroatoms. The Balaban J connectivity index is 1.66. The molecule has 0 bridgehead atoms. The monoisotopic (exact) mass is 403 g/mol. The number of anilines is 1. The van der Waals surface area contributed by atoms with Gasteiger partial charge in [-0.05, 0) is 24.3 Å². The Labute approximate surface area is 165 Å². The Hall–Kier alpha value is -2.90. The molecule has 3 rings (SSSR count). The number of rotatable bonds is 5. The smallest absolute Gasteiger partial charge is 0.276 e. The van der Waals surface area contributed by atoms with Crippen LogP contribution in [-0.4, -0.2) is 45.3 Å². The zero-order chi connectivity index (χ0) is 19.4. The lowest BCUT2D eigenvalue weighted by Gasteiger charge is -2.16. The average molecular weight is 404 g/mol. The molecule has 0 spiro atoms. The molecule has 1 N–H and O–H groups in total. The van der Waals surface area contributed by atoms with Crippen LogP contribution >= 0.6 is 23.2 Å². The van der Waals surface area contributed by atoms with Crippen LogP contribution in [0.15, 0.2) is 54.7 Å². The third-order valence-corrected chi connectivity index (χ3v) is 4.32. The number of halogens is 2. The largest absolute Gasteiger partial charge is 0.331 e. The van der Waals surface area contributed by atoms with E-state index in [9.17, 15) is 9.59 Å². The van der Waals surface area contributed by atoms with E-state index in [1.54, 1.807) is 18.2 Å². The summed E-state index contributed by atoms with van der Waals surface area (Å²) in [5.74, 6) is -0.867. The Bertz CT molecular complexity index is 955. The van der Waals surface area contributed by atoms with Crippen LogP contribution in [0.5, 0.6) is 0 Å². The summed E-state index contributed by atoms with van der Waals surface area (Å²) in [5.41, 5.74) is 1.21. The molecular formula is C18H15Cl2N5O2. The van der Waals surface area contributed by atoms with Crippen molar-refractivity contribution in [2.24, 2.45) is 0 Å². The fraction of sp³-hybridized carbons (Fsp3) is 0.111. The number of amides is 2. The average Bonchev–Trinajstić information content (AvgIpc) is 3.15. The second kappa shape index (κ2) is 8.20. The Morgan fingerprint density at radius 1 is 1.07 bits per heavy atom. The van der Waals surface area contributed by atoms with E-state index in [0.717, 1.165) is 5.69 Å². The van der Waals surface area contributed by atoms with Gasteiger partial charge < -0.3 is 10.2 Å². The molecule has 0 radical (unpaired) electrons. The molecule has 3 aromatic rings. The number of nitrogens with zero attached hydrogens (tertiary/aromatic N) is 4. The quantitative estimate of drug-likeness (QED) is 0.708. The molecule has 27 heavy (non-hydrogen) atoms. The van der Waals surface area contributed by atoms with Crippen molar-refractivity contribution in [3.05, 3.63) is 70.5 Å². The lowest BCUT2D eigenvalue weighted by atomic mass is 10.3. The molecule has 0 saturated heterocycles. The molecule has 138 valence electrons. The van der Waals surface area contributed by atoms with Crippen molar-refractivity contribution < 1.29 is 9.59 Å². The summed E-state index contributed by atoms with van der Waals surface area (Å²) in [5, 5.41) is 11.1. The number of nitrogens with one attached hydrogen (secondary N) is 1. The number of carbonyl (C=O) groups excluding carboxylic acids is 2. The van der Waals surface area contributed by atoms with Gasteiger partial charge in [-0.1, -0.05) is 52.7 Å². The van der Waals surface area contributed by atoms with E-state index in [-0.39, 0.29) is 12.2 Å². The Morgan fingerprint density at radius 2 is 1.74 bits per heavy atom. The molecule has 2 aromatic carbocycles. The van der Waals surface area contributed by atoms with Gasteiger partial charge in [0.15, 0.2) is 5.69 Å². The number of hydrogen-bond acceptors (Lipinski definition) is 4. The van der Waals surface area contributed by atoms with E-state index in [1.807, 2.05) is 30.3 Å². The molecular weight excluding hydrogens is 389 g/mol. The van der Waals surface area contributed by atoms with Gasteiger partial charge in [-0.2, -0.15) is 0 Å². The minimum absolute atomic E-state index is 0.130. The van der Waals surface area contributed by atoms with Gasteiger partial charge in [0.2, 0.25) is 5.91 Å². The highest BCUT2D eigenvalue weighted by atomic mass is 35.5. The SMILES string of the molecule is CN(CC(=O)Nc1c(Cl)cccc1Cl)C(=O)c1cn(-c2ccccc2)nn1. The predicted octanol–water partition coefficient (Wildman–Crippen LogP) is 3.28. The van der Waals surface area contributed by atoms with Crippen molar-refractivity contribution >= 4 is 40.7 Å². The summed E-state index contributed by atoms with van der Waals surface area (Å²) in [6.07, 6.45) is 1.51. The van der Waals surface area contributed by atoms with Crippen molar-refractivity contribution in [3.8, 4) is 5.69 Å². The number of aromatic nitrogens is 3. The van der Waals surface area contributed by atoms with Crippen LogP contribution in [0.1, 0.15) is 10.5 Å². The fourth-order valence-corrected chi connectivity index (χ4v) is 2.84. The highest BCUT2D eigenvalue weighted by Gasteiger charge is 2.19. The van der Waals surface area contributed by atoms with Crippen LogP contribution in [-0.2, 0) is 4.79 Å². The van der Waals surface area contributed by atoms with Crippen molar-refractivity contribution in [2.45, 2.75) is 0 Å². The molecule has 0 aliphatic carbocycles. The molecule has 0 fully saturated rings. The summed E-state index contributed by atoms with van der Waals surface area (Å²) in [4.78, 5) is 26.0. The summed E-state index contributed by atoms with van der Waals surface area (Å²) in [6.45, 7) is -0.196. The standard InChI is InChI=1S/C18H15Cl2N5O2/c1-24(11-16(26)21-17-13(19)8-5-9-14(17)20)18(27)15-10-25(23-22-15)12-6-3-2-4-7-12/h2-10H,11H2,1H3,(H,21,26). The third kappa shape index (κ3) is 4.45. The minimum atomic E-state index is -0.434. The van der Waals surface area contributed by atoms with E-state index in [4.69, 9.17) is 23.2 Å². The summed E-state index contributed by atoms with van der Waals surface area (Å²) in [7, 11) is 1.50. The fourth-order valence-electron chi connectivity index (χ4n) is 2.35. The van der Waals surface area contributed by atoms with Crippen molar-refractivity contribution in [1.82, 2.24) is 19.9 Å². The zero-order valence-corrected chi connectivity index (χ0v) is 15.8. The van der Waals surface area contributed by atoms with Crippen LogP contribution in [0.4, 0.5) is 5.69 Å². The number of likely N-dealkylation sites (N-methyl/N-ethyl adjacent to an activating group) is 1. The number of hydrogen-bond donors (Lipinski definition) is 1. The van der Waals surface area contributed by atoms with Crippen LogP contribution in [0, 0.1) is 0 Å². The second-order valence-corrected chi connectivity index (χ2v) is 6.50. The molecule has 0 atom stereocenters. The minimum Gasteiger partial charge on any atom is -0.331 e. The second-order valence-electron chi connectivity index (χ2n) is 5.69. The van der Waals surface area contributed by atoms with Crippen molar-refractivity contribution in [3.63, 3.8) is 0 Å². The molecule has 0 saturated carbocycles. The molecule has 1 heterocycles. The normalized spacial score (nSPS) is 10.5. The first-order valence-electron chi connectivity index (χ1n) is 7.93. The van der Waals surface area contributed by atoms with Gasteiger partial charge >= 0.3 is 0 Å². The van der Waals surface area contributed by atoms with Gasteiger partial charge in [0, 0.05) is 7.05 Å². The number of para-hydroxylation sites is 2. The van der Waals surface area contributed by atoms with Crippen LogP contribution < -0.4 is 5.32 Å². The zero-order valence-electron chi connectivity index (χ0n) is 14.3. The van der Waals surface area contributed by atoms with E-state index in [1.165, 1.54) is 22.8 Å². The van der Waals surface area contributed by atoms with Gasteiger partial charge in [-0.3, -0.25) is 9.59 Å². The van der Waals surface area contributed by atoms with Gasteiger partial charge in [0.1, 0.15) is 0 Å². The third-order valence-electron chi connectivity index (χ3n) is 3.69. The lowest BCUT2D eigenvalue weighted by Crippen LogP contribution is -2.35. The van der Waals surface area contributed by atoms with Gasteiger partial charge in [-0.25, -0.2) is 4.68 Å². The molecule has 2 amide bonds. The van der Waals surface area contributed by atoms with Gasteiger partial charge in [0.05, 0.1) is 34.2 Å². The van der Waals surface area contributed by atoms with Crippen molar-refractivity contribution in [2.75, 3.05) is 18.9 Å². The van der Waals surface area contributed by atoms with E-state index >= 15 is 0 Å². The molecule has 7 nitrogen and oxygen atoms in total. The molecule has 0 aliphatic heterocycles. The van der Waals surface area contributed by atoms with E-state index in [0.29, 0.717) is 15.7 Å². The topological polar surface area (TPSA) is 80.1 Å². The number of benzene rings is 2. The first-order chi connectivity index (χ1) is 13.0. The van der Waals surface area contributed by atoms with Crippen LogP contribution in [0.2, 0.25) is 10.0 Å². The summed E-state index contributed by atoms with van der Waals surface area (Å²) in [6, 6.07) is 14.2. The molecule has 0 unspecified atom stereocenters. The van der Waals surface area contributed by atoms with Gasteiger partial charge in [0.25, 0.3) is 5.91 Å². The maximum atomic E-state index is 12.5. The van der Waals surface area contributed by atoms with Crippen molar-refractivity contribution in [1.29, 1.82) is 0 Å². The molecule has 1 aromatic heterocycles.